The molecular weight excluding hydrogens is 226 g/mol. The van der Waals surface area contributed by atoms with Crippen molar-refractivity contribution in [2.24, 2.45) is 17.3 Å². The first-order valence-corrected chi connectivity index (χ1v) is 7.58. The lowest BCUT2D eigenvalue weighted by molar-refractivity contribution is -0.124. The molecule has 1 N–H and O–H groups in total. The zero-order valence-electron chi connectivity index (χ0n) is 11.4. The summed E-state index contributed by atoms with van der Waals surface area (Å²) < 4.78 is 5.40. The van der Waals surface area contributed by atoms with Crippen molar-refractivity contribution >= 4 is 5.91 Å². The van der Waals surface area contributed by atoms with E-state index in [2.05, 4.69) is 12.2 Å². The Labute approximate surface area is 110 Å². The SMILES string of the molecule is CC1CCC(NC(=O)C2CC23CCOCC3)CC1. The van der Waals surface area contributed by atoms with Gasteiger partial charge in [-0.1, -0.05) is 6.92 Å². The Bertz CT molecular complexity index is 314. The number of hydrogen-bond acceptors (Lipinski definition) is 2. The Kier molecular flexibility index (Phi) is 3.35. The van der Waals surface area contributed by atoms with Crippen LogP contribution in [0, 0.1) is 17.3 Å². The van der Waals surface area contributed by atoms with Crippen molar-refractivity contribution in [3.8, 4) is 0 Å². The summed E-state index contributed by atoms with van der Waals surface area (Å²) in [7, 11) is 0. The van der Waals surface area contributed by atoms with Gasteiger partial charge in [-0.25, -0.2) is 0 Å². The molecule has 0 aromatic rings. The lowest BCUT2D eigenvalue weighted by atomic mass is 9.87. The predicted molar refractivity (Wildman–Crippen MR) is 70.2 cm³/mol. The molecule has 0 radical (unpaired) electrons. The average molecular weight is 251 g/mol. The van der Waals surface area contributed by atoms with Crippen LogP contribution in [0.5, 0.6) is 0 Å². The minimum Gasteiger partial charge on any atom is -0.381 e. The van der Waals surface area contributed by atoms with Crippen LogP contribution in [0.25, 0.3) is 0 Å². The van der Waals surface area contributed by atoms with Crippen LogP contribution < -0.4 is 5.32 Å². The molecule has 3 fully saturated rings. The number of amides is 1. The van der Waals surface area contributed by atoms with Gasteiger partial charge < -0.3 is 10.1 Å². The van der Waals surface area contributed by atoms with Gasteiger partial charge >= 0.3 is 0 Å². The number of rotatable bonds is 2. The Morgan fingerprint density at radius 3 is 2.50 bits per heavy atom. The van der Waals surface area contributed by atoms with Gasteiger partial charge in [-0.05, 0) is 56.3 Å². The van der Waals surface area contributed by atoms with Crippen LogP contribution in [-0.4, -0.2) is 25.2 Å². The predicted octanol–water partition coefficient (Wildman–Crippen LogP) is 2.50. The third-order valence-corrected chi connectivity index (χ3v) is 5.36. The van der Waals surface area contributed by atoms with Crippen molar-refractivity contribution in [3.05, 3.63) is 0 Å². The van der Waals surface area contributed by atoms with E-state index in [0.717, 1.165) is 38.4 Å². The van der Waals surface area contributed by atoms with E-state index in [1.807, 2.05) is 0 Å². The largest absolute Gasteiger partial charge is 0.381 e. The van der Waals surface area contributed by atoms with Crippen molar-refractivity contribution in [2.75, 3.05) is 13.2 Å². The summed E-state index contributed by atoms with van der Waals surface area (Å²) in [6.07, 6.45) is 8.18. The summed E-state index contributed by atoms with van der Waals surface area (Å²) >= 11 is 0. The fraction of sp³-hybridized carbons (Fsp3) is 0.933. The molecule has 102 valence electrons. The van der Waals surface area contributed by atoms with Crippen molar-refractivity contribution in [1.82, 2.24) is 5.32 Å². The van der Waals surface area contributed by atoms with E-state index >= 15 is 0 Å². The zero-order valence-corrected chi connectivity index (χ0v) is 11.4. The molecular formula is C15H25NO2. The van der Waals surface area contributed by atoms with Crippen molar-refractivity contribution in [2.45, 2.75) is 57.9 Å². The summed E-state index contributed by atoms with van der Waals surface area (Å²) in [5.41, 5.74) is 0.324. The van der Waals surface area contributed by atoms with Crippen molar-refractivity contribution in [3.63, 3.8) is 0 Å². The topological polar surface area (TPSA) is 38.3 Å². The summed E-state index contributed by atoms with van der Waals surface area (Å²) in [4.78, 5) is 12.3. The number of carbonyl (C=O) groups excluding carboxylic acids is 1. The fourth-order valence-corrected chi connectivity index (χ4v) is 3.76. The van der Waals surface area contributed by atoms with Gasteiger partial charge in [-0.3, -0.25) is 4.79 Å². The lowest BCUT2D eigenvalue weighted by Gasteiger charge is -2.28. The number of carbonyl (C=O) groups is 1. The number of nitrogens with one attached hydrogen (secondary N) is 1. The molecule has 18 heavy (non-hydrogen) atoms. The van der Waals surface area contributed by atoms with Crippen molar-refractivity contribution < 1.29 is 9.53 Å². The lowest BCUT2D eigenvalue weighted by Crippen LogP contribution is -2.39. The summed E-state index contributed by atoms with van der Waals surface area (Å²) in [6, 6.07) is 0.450. The summed E-state index contributed by atoms with van der Waals surface area (Å²) in [5, 5.41) is 3.29. The average Bonchev–Trinajstić information content (AvgIpc) is 3.07. The standard InChI is InChI=1S/C15H25NO2/c1-11-2-4-12(5-3-11)16-14(17)13-10-15(13)6-8-18-9-7-15/h11-13H,2-10H2,1H3,(H,16,17). The van der Waals surface area contributed by atoms with Crippen LogP contribution in [0.2, 0.25) is 0 Å². The van der Waals surface area contributed by atoms with Crippen molar-refractivity contribution in [1.29, 1.82) is 0 Å². The molecule has 3 heteroatoms. The Hall–Kier alpha value is -0.570. The third-order valence-electron chi connectivity index (χ3n) is 5.36. The third kappa shape index (κ3) is 2.42. The maximum Gasteiger partial charge on any atom is 0.223 e. The first-order chi connectivity index (χ1) is 8.70. The van der Waals surface area contributed by atoms with Crippen LogP contribution in [-0.2, 0) is 9.53 Å². The fourth-order valence-electron chi connectivity index (χ4n) is 3.76. The normalized spacial score (nSPS) is 38.4. The summed E-state index contributed by atoms with van der Waals surface area (Å²) in [5.74, 6) is 1.47. The molecule has 2 aliphatic carbocycles. The molecule has 0 aromatic carbocycles. The molecule has 0 aromatic heterocycles. The molecule has 1 spiro atoms. The van der Waals surface area contributed by atoms with Gasteiger partial charge in [0, 0.05) is 25.2 Å². The zero-order chi connectivity index (χ0) is 12.6. The smallest absolute Gasteiger partial charge is 0.223 e. The Morgan fingerprint density at radius 2 is 1.83 bits per heavy atom. The van der Waals surface area contributed by atoms with Gasteiger partial charge in [0.15, 0.2) is 0 Å². The van der Waals surface area contributed by atoms with E-state index < -0.39 is 0 Å². The van der Waals surface area contributed by atoms with E-state index in [1.165, 1.54) is 25.7 Å². The maximum absolute atomic E-state index is 12.3. The highest BCUT2D eigenvalue weighted by atomic mass is 16.5. The molecule has 3 aliphatic rings. The first kappa shape index (κ1) is 12.5. The maximum atomic E-state index is 12.3. The molecule has 1 unspecified atom stereocenters. The molecule has 1 saturated heterocycles. The highest BCUT2D eigenvalue weighted by Crippen LogP contribution is 2.59. The van der Waals surface area contributed by atoms with Gasteiger partial charge in [0.1, 0.15) is 0 Å². The second-order valence-corrected chi connectivity index (χ2v) is 6.70. The molecule has 3 nitrogen and oxygen atoms in total. The highest BCUT2D eigenvalue weighted by Gasteiger charge is 2.58. The van der Waals surface area contributed by atoms with E-state index in [0.29, 0.717) is 23.3 Å². The Morgan fingerprint density at radius 1 is 1.17 bits per heavy atom. The first-order valence-electron chi connectivity index (χ1n) is 7.58. The quantitative estimate of drug-likeness (QED) is 0.819. The van der Waals surface area contributed by atoms with Gasteiger partial charge in [0.05, 0.1) is 0 Å². The molecule has 1 atom stereocenters. The second-order valence-electron chi connectivity index (χ2n) is 6.70. The Balaban J connectivity index is 1.48. The second kappa shape index (κ2) is 4.84. The molecule has 1 amide bonds. The van der Waals surface area contributed by atoms with Crippen LogP contribution in [0.3, 0.4) is 0 Å². The molecule has 3 rings (SSSR count). The van der Waals surface area contributed by atoms with E-state index in [1.54, 1.807) is 0 Å². The number of hydrogen-bond donors (Lipinski definition) is 1. The highest BCUT2D eigenvalue weighted by molar-refractivity contribution is 5.82. The summed E-state index contributed by atoms with van der Waals surface area (Å²) in [6.45, 7) is 4.02. The minimum absolute atomic E-state index is 0.292. The van der Waals surface area contributed by atoms with Crippen LogP contribution in [0.15, 0.2) is 0 Å². The van der Waals surface area contributed by atoms with Gasteiger partial charge in [0.2, 0.25) is 5.91 Å². The van der Waals surface area contributed by atoms with Gasteiger partial charge in [-0.15, -0.1) is 0 Å². The van der Waals surface area contributed by atoms with E-state index in [9.17, 15) is 4.79 Å². The number of ether oxygens (including phenoxy) is 1. The van der Waals surface area contributed by atoms with Crippen LogP contribution >= 0.6 is 0 Å². The van der Waals surface area contributed by atoms with Crippen LogP contribution in [0.1, 0.15) is 51.9 Å². The molecule has 1 aliphatic heterocycles. The minimum atomic E-state index is 0.292. The molecule has 2 saturated carbocycles. The monoisotopic (exact) mass is 251 g/mol. The van der Waals surface area contributed by atoms with Gasteiger partial charge in [-0.2, -0.15) is 0 Å². The van der Waals surface area contributed by atoms with Crippen LogP contribution in [0.4, 0.5) is 0 Å². The molecule has 0 bridgehead atoms. The van der Waals surface area contributed by atoms with E-state index in [-0.39, 0.29) is 0 Å². The van der Waals surface area contributed by atoms with Gasteiger partial charge in [0.25, 0.3) is 0 Å². The van der Waals surface area contributed by atoms with E-state index in [4.69, 9.17) is 4.74 Å². The molecule has 1 heterocycles.